The highest BCUT2D eigenvalue weighted by molar-refractivity contribution is 5.79. The molecule has 3 aromatic rings. The zero-order valence-corrected chi connectivity index (χ0v) is 15.7. The van der Waals surface area contributed by atoms with E-state index in [0.717, 1.165) is 30.0 Å². The second-order valence-corrected chi connectivity index (χ2v) is 7.43. The van der Waals surface area contributed by atoms with E-state index in [0.29, 0.717) is 25.6 Å². The minimum absolute atomic E-state index is 0.0790. The highest BCUT2D eigenvalue weighted by atomic mass is 19.1. The molecule has 0 spiro atoms. The number of carbonyl (C=O) groups is 1. The summed E-state index contributed by atoms with van der Waals surface area (Å²) in [6, 6.07) is 8.38. The molecule has 1 saturated carbocycles. The Balaban J connectivity index is 1.31. The highest BCUT2D eigenvalue weighted by Crippen LogP contribution is 2.36. The molecular formula is C20H21FN6O2. The van der Waals surface area contributed by atoms with Gasteiger partial charge in [0.25, 0.3) is 0 Å². The lowest BCUT2D eigenvalue weighted by Crippen LogP contribution is -2.33. The summed E-state index contributed by atoms with van der Waals surface area (Å²) < 4.78 is 22.9. The maximum Gasteiger partial charge on any atom is 0.226 e. The van der Waals surface area contributed by atoms with Crippen LogP contribution >= 0.6 is 0 Å². The number of nitrogens with zero attached hydrogens (tertiary/aromatic N) is 5. The first kappa shape index (κ1) is 18.0. The third-order valence-electron chi connectivity index (χ3n) is 5.47. The summed E-state index contributed by atoms with van der Waals surface area (Å²) in [6.07, 6.45) is 5.86. The van der Waals surface area contributed by atoms with Gasteiger partial charge in [-0.2, -0.15) is 5.10 Å². The van der Waals surface area contributed by atoms with Gasteiger partial charge in [-0.05, 0) is 49.6 Å². The Bertz CT molecular complexity index is 1010. The normalized spacial score (nSPS) is 21.4. The van der Waals surface area contributed by atoms with Crippen LogP contribution in [0.1, 0.15) is 42.9 Å². The third-order valence-corrected chi connectivity index (χ3v) is 5.47. The molecule has 29 heavy (non-hydrogen) atoms. The topological polar surface area (TPSA) is 86.9 Å². The summed E-state index contributed by atoms with van der Waals surface area (Å²) in [5.74, 6) is 0.0523. The lowest BCUT2D eigenvalue weighted by atomic mass is 9.98. The van der Waals surface area contributed by atoms with Crippen molar-refractivity contribution < 1.29 is 13.9 Å². The van der Waals surface area contributed by atoms with Gasteiger partial charge in [0.2, 0.25) is 5.91 Å². The molecule has 3 heterocycles. The number of ether oxygens (including phenoxy) is 1. The smallest absolute Gasteiger partial charge is 0.226 e. The quantitative estimate of drug-likeness (QED) is 0.691. The molecular weight excluding hydrogens is 375 g/mol. The Hall–Kier alpha value is -3.07. The fourth-order valence-corrected chi connectivity index (χ4v) is 3.82. The van der Waals surface area contributed by atoms with Gasteiger partial charge in [-0.25, -0.2) is 9.07 Å². The van der Waals surface area contributed by atoms with Gasteiger partial charge < -0.3 is 14.6 Å². The Labute approximate surface area is 166 Å². The zero-order chi connectivity index (χ0) is 19.8. The van der Waals surface area contributed by atoms with Gasteiger partial charge in [0.1, 0.15) is 18.2 Å². The predicted molar refractivity (Wildman–Crippen MR) is 100 cm³/mol. The molecule has 0 bridgehead atoms. The van der Waals surface area contributed by atoms with Crippen molar-refractivity contribution in [3.8, 4) is 5.69 Å². The number of hydrogen-bond donors (Lipinski definition) is 1. The summed E-state index contributed by atoms with van der Waals surface area (Å²) in [5, 5.41) is 15.4. The van der Waals surface area contributed by atoms with Crippen LogP contribution in [0.15, 0.2) is 42.9 Å². The number of halogens is 1. The Morgan fingerprint density at radius 2 is 2.03 bits per heavy atom. The lowest BCUT2D eigenvalue weighted by molar-refractivity contribution is -0.127. The number of carbonyl (C=O) groups excluding carboxylic acids is 1. The van der Waals surface area contributed by atoms with Gasteiger partial charge in [-0.1, -0.05) is 0 Å². The Morgan fingerprint density at radius 3 is 2.83 bits per heavy atom. The van der Waals surface area contributed by atoms with E-state index in [2.05, 4.69) is 20.6 Å². The first-order valence-electron chi connectivity index (χ1n) is 9.78. The molecule has 2 fully saturated rings. The van der Waals surface area contributed by atoms with E-state index in [-0.39, 0.29) is 17.6 Å². The summed E-state index contributed by atoms with van der Waals surface area (Å²) in [6.45, 7) is 0.839. The summed E-state index contributed by atoms with van der Waals surface area (Å²) in [7, 11) is 0. The molecule has 1 amide bonds. The molecule has 1 aliphatic heterocycles. The van der Waals surface area contributed by atoms with Crippen molar-refractivity contribution >= 4 is 5.91 Å². The number of aromatic nitrogens is 5. The Morgan fingerprint density at radius 1 is 1.21 bits per heavy atom. The van der Waals surface area contributed by atoms with Gasteiger partial charge in [0.15, 0.2) is 5.82 Å². The predicted octanol–water partition coefficient (Wildman–Crippen LogP) is 2.33. The highest BCUT2D eigenvalue weighted by Gasteiger charge is 2.37. The molecule has 1 N–H and O–H groups in total. The van der Waals surface area contributed by atoms with Crippen molar-refractivity contribution in [2.75, 3.05) is 6.61 Å². The van der Waals surface area contributed by atoms with Crippen LogP contribution in [0.5, 0.6) is 0 Å². The summed E-state index contributed by atoms with van der Waals surface area (Å²) in [5.41, 5.74) is 1.49. The van der Waals surface area contributed by atoms with E-state index in [1.54, 1.807) is 29.3 Å². The molecule has 1 saturated heterocycles. The average molecular weight is 396 g/mol. The van der Waals surface area contributed by atoms with Crippen molar-refractivity contribution in [3.63, 3.8) is 0 Å². The van der Waals surface area contributed by atoms with Crippen molar-refractivity contribution in [2.45, 2.75) is 38.0 Å². The fourth-order valence-electron chi connectivity index (χ4n) is 3.82. The van der Waals surface area contributed by atoms with Crippen LogP contribution in [-0.2, 0) is 16.1 Å². The third kappa shape index (κ3) is 3.53. The molecule has 5 rings (SSSR count). The molecule has 2 atom stereocenters. The second-order valence-electron chi connectivity index (χ2n) is 7.43. The van der Waals surface area contributed by atoms with Crippen LogP contribution in [0.25, 0.3) is 5.69 Å². The van der Waals surface area contributed by atoms with Crippen LogP contribution in [0, 0.1) is 11.7 Å². The van der Waals surface area contributed by atoms with Crippen LogP contribution in [-0.4, -0.2) is 37.1 Å². The molecule has 0 unspecified atom stereocenters. The number of nitrogens with one attached hydrogen (secondary N) is 1. The van der Waals surface area contributed by atoms with E-state index in [9.17, 15) is 9.18 Å². The van der Waals surface area contributed by atoms with Gasteiger partial charge in [0, 0.05) is 18.8 Å². The maximum absolute atomic E-state index is 13.3. The van der Waals surface area contributed by atoms with Gasteiger partial charge >= 0.3 is 0 Å². The van der Waals surface area contributed by atoms with Crippen molar-refractivity contribution in [1.82, 2.24) is 29.9 Å². The summed E-state index contributed by atoms with van der Waals surface area (Å²) >= 11 is 0. The molecule has 1 aliphatic carbocycles. The van der Waals surface area contributed by atoms with Gasteiger partial charge in [0.05, 0.1) is 23.8 Å². The largest absolute Gasteiger partial charge is 0.371 e. The summed E-state index contributed by atoms with van der Waals surface area (Å²) in [4.78, 5) is 12.9. The fraction of sp³-hybridized carbons (Fsp3) is 0.400. The van der Waals surface area contributed by atoms with Gasteiger partial charge in [-0.3, -0.25) is 4.79 Å². The Kier molecular flexibility index (Phi) is 4.59. The van der Waals surface area contributed by atoms with E-state index in [4.69, 9.17) is 4.74 Å². The number of rotatable bonds is 6. The monoisotopic (exact) mass is 396 g/mol. The van der Waals surface area contributed by atoms with Gasteiger partial charge in [-0.15, -0.1) is 10.2 Å². The average Bonchev–Trinajstić information content (AvgIpc) is 3.15. The number of amides is 1. The van der Waals surface area contributed by atoms with E-state index in [1.807, 2.05) is 10.6 Å². The first-order valence-corrected chi connectivity index (χ1v) is 9.78. The minimum Gasteiger partial charge on any atom is -0.371 e. The standard InChI is InChI=1S/C20H21FN6O2/c21-13-1-3-15(4-2-13)27-17(7-9-24-27)19-16(8-10-29-19)20(28)22-11-18-25-23-12-26(18)14-5-6-14/h1-4,7,9,12,14,16,19H,5-6,8,10-11H2,(H,22,28)/t16-,19-/m0/s1. The molecule has 0 radical (unpaired) electrons. The van der Waals surface area contributed by atoms with E-state index < -0.39 is 6.10 Å². The molecule has 2 aliphatic rings. The molecule has 2 aromatic heterocycles. The van der Waals surface area contributed by atoms with E-state index >= 15 is 0 Å². The van der Waals surface area contributed by atoms with Crippen LogP contribution in [0.2, 0.25) is 0 Å². The zero-order valence-electron chi connectivity index (χ0n) is 15.7. The molecule has 150 valence electrons. The number of hydrogen-bond acceptors (Lipinski definition) is 5. The lowest BCUT2D eigenvalue weighted by Gasteiger charge is -2.19. The van der Waals surface area contributed by atoms with Crippen LogP contribution in [0.3, 0.4) is 0 Å². The van der Waals surface area contributed by atoms with Crippen LogP contribution < -0.4 is 5.32 Å². The van der Waals surface area contributed by atoms with Crippen LogP contribution in [0.4, 0.5) is 4.39 Å². The molecule has 8 nitrogen and oxygen atoms in total. The first-order chi connectivity index (χ1) is 14.2. The second kappa shape index (κ2) is 7.40. The van der Waals surface area contributed by atoms with E-state index in [1.165, 1.54) is 12.1 Å². The minimum atomic E-state index is -0.413. The van der Waals surface area contributed by atoms with Crippen molar-refractivity contribution in [1.29, 1.82) is 0 Å². The SMILES string of the molecule is O=C(NCc1nncn1C1CC1)[C@H]1CCO[C@@H]1c1ccnn1-c1ccc(F)cc1. The molecule has 1 aromatic carbocycles. The maximum atomic E-state index is 13.3. The van der Waals surface area contributed by atoms with Crippen molar-refractivity contribution in [3.05, 3.63) is 60.2 Å². The number of benzene rings is 1. The van der Waals surface area contributed by atoms with Crippen molar-refractivity contribution in [2.24, 2.45) is 5.92 Å². The molecule has 9 heteroatoms.